The maximum Gasteiger partial charge on any atom is 0.191 e. The van der Waals surface area contributed by atoms with Crippen LogP contribution in [0.1, 0.15) is 33.1 Å². The third-order valence-electron chi connectivity index (χ3n) is 4.13. The van der Waals surface area contributed by atoms with Gasteiger partial charge in [-0.25, -0.2) is 0 Å². The van der Waals surface area contributed by atoms with Crippen molar-refractivity contribution in [1.82, 2.24) is 25.3 Å². The number of hydrogen-bond acceptors (Lipinski definition) is 3. The topological polar surface area (TPSA) is 57.5 Å². The molecule has 1 aliphatic heterocycles. The number of piperidine rings is 1. The van der Waals surface area contributed by atoms with Crippen molar-refractivity contribution in [3.63, 3.8) is 0 Å². The first-order valence-electron chi connectivity index (χ1n) is 9.00. The minimum Gasteiger partial charge on any atom is -0.357 e. The van der Waals surface area contributed by atoms with Gasteiger partial charge in [0, 0.05) is 45.1 Å². The smallest absolute Gasteiger partial charge is 0.191 e. The highest BCUT2D eigenvalue weighted by Gasteiger charge is 2.09. The van der Waals surface area contributed by atoms with Gasteiger partial charge in [-0.15, -0.1) is 24.0 Å². The molecular weight excluding hydrogens is 415 g/mol. The largest absolute Gasteiger partial charge is 0.357 e. The summed E-state index contributed by atoms with van der Waals surface area (Å²) in [5, 5.41) is 11.0. The molecule has 24 heavy (non-hydrogen) atoms. The summed E-state index contributed by atoms with van der Waals surface area (Å²) < 4.78 is 1.97. The van der Waals surface area contributed by atoms with Crippen LogP contribution in [0.3, 0.4) is 0 Å². The third-order valence-corrected chi connectivity index (χ3v) is 4.13. The van der Waals surface area contributed by atoms with Gasteiger partial charge in [-0.05, 0) is 44.8 Å². The summed E-state index contributed by atoms with van der Waals surface area (Å²) >= 11 is 0. The van der Waals surface area contributed by atoms with Crippen molar-refractivity contribution in [3.05, 3.63) is 18.5 Å². The highest BCUT2D eigenvalue weighted by Crippen LogP contribution is 2.07. The lowest BCUT2D eigenvalue weighted by Gasteiger charge is -2.26. The summed E-state index contributed by atoms with van der Waals surface area (Å²) in [4.78, 5) is 7.25. The summed E-state index contributed by atoms with van der Waals surface area (Å²) in [5.41, 5.74) is 0. The SMILES string of the molecule is CCNC(=NCC(C)Cn1cccn1)NCCN1CCCCC1.I. The monoisotopic (exact) mass is 448 g/mol. The van der Waals surface area contributed by atoms with Crippen molar-refractivity contribution < 1.29 is 0 Å². The Kier molecular flexibility index (Phi) is 11.1. The molecule has 2 rings (SSSR count). The maximum absolute atomic E-state index is 4.71. The second-order valence-corrected chi connectivity index (χ2v) is 6.38. The number of aromatic nitrogens is 2. The summed E-state index contributed by atoms with van der Waals surface area (Å²) in [6, 6.07) is 1.96. The third kappa shape index (κ3) is 8.32. The molecule has 1 saturated heterocycles. The Labute approximate surface area is 163 Å². The van der Waals surface area contributed by atoms with Crippen molar-refractivity contribution in [2.75, 3.05) is 39.3 Å². The van der Waals surface area contributed by atoms with Crippen LogP contribution in [-0.4, -0.2) is 59.9 Å². The summed E-state index contributed by atoms with van der Waals surface area (Å²) in [5.74, 6) is 1.39. The average Bonchev–Trinajstić information content (AvgIpc) is 3.06. The van der Waals surface area contributed by atoms with E-state index in [0.717, 1.165) is 38.7 Å². The molecule has 1 aliphatic rings. The molecule has 0 saturated carbocycles. The van der Waals surface area contributed by atoms with E-state index in [1.165, 1.54) is 32.4 Å². The molecule has 0 radical (unpaired) electrons. The second-order valence-electron chi connectivity index (χ2n) is 6.38. The Balaban J connectivity index is 0.00000288. The van der Waals surface area contributed by atoms with E-state index in [1.54, 1.807) is 0 Å². The van der Waals surface area contributed by atoms with Gasteiger partial charge in [0.1, 0.15) is 0 Å². The molecule has 0 aromatic carbocycles. The van der Waals surface area contributed by atoms with E-state index in [9.17, 15) is 0 Å². The first kappa shape index (κ1) is 21.2. The Morgan fingerprint density at radius 2 is 2.04 bits per heavy atom. The van der Waals surface area contributed by atoms with Crippen molar-refractivity contribution in [2.45, 2.75) is 39.7 Å². The van der Waals surface area contributed by atoms with Gasteiger partial charge in [-0.3, -0.25) is 9.67 Å². The van der Waals surface area contributed by atoms with E-state index in [2.05, 4.69) is 34.5 Å². The van der Waals surface area contributed by atoms with E-state index >= 15 is 0 Å². The average molecular weight is 448 g/mol. The standard InChI is InChI=1S/C17H32N6.HI/c1-3-18-17(19-9-13-22-10-5-4-6-11-22)20-14-16(2)15-23-12-7-8-21-23;/h7-8,12,16H,3-6,9-11,13-15H2,1-2H3,(H2,18,19,20);1H. The highest BCUT2D eigenvalue weighted by atomic mass is 127. The Morgan fingerprint density at radius 3 is 2.71 bits per heavy atom. The van der Waals surface area contributed by atoms with Gasteiger partial charge in [-0.1, -0.05) is 13.3 Å². The van der Waals surface area contributed by atoms with Gasteiger partial charge in [0.15, 0.2) is 5.96 Å². The Hall–Kier alpha value is -0.830. The molecular formula is C17H33IN6. The molecule has 2 heterocycles. The second kappa shape index (κ2) is 12.5. The zero-order chi connectivity index (χ0) is 16.3. The molecule has 7 heteroatoms. The van der Waals surface area contributed by atoms with E-state index in [-0.39, 0.29) is 24.0 Å². The highest BCUT2D eigenvalue weighted by molar-refractivity contribution is 14.0. The molecule has 6 nitrogen and oxygen atoms in total. The Bertz CT molecular complexity index is 442. The molecule has 0 amide bonds. The fourth-order valence-electron chi connectivity index (χ4n) is 2.89. The van der Waals surface area contributed by atoms with Crippen LogP contribution < -0.4 is 10.6 Å². The number of likely N-dealkylation sites (tertiary alicyclic amines) is 1. The van der Waals surface area contributed by atoms with Crippen LogP contribution >= 0.6 is 24.0 Å². The van der Waals surface area contributed by atoms with Gasteiger partial charge in [0.2, 0.25) is 0 Å². The minimum atomic E-state index is 0. The Morgan fingerprint density at radius 1 is 1.25 bits per heavy atom. The van der Waals surface area contributed by atoms with E-state index in [4.69, 9.17) is 4.99 Å². The van der Waals surface area contributed by atoms with Crippen molar-refractivity contribution in [1.29, 1.82) is 0 Å². The lowest BCUT2D eigenvalue weighted by atomic mass is 10.1. The van der Waals surface area contributed by atoms with Crippen LogP contribution in [0.4, 0.5) is 0 Å². The number of hydrogen-bond donors (Lipinski definition) is 2. The molecule has 1 unspecified atom stereocenters. The zero-order valence-electron chi connectivity index (χ0n) is 15.1. The van der Waals surface area contributed by atoms with E-state index < -0.39 is 0 Å². The lowest BCUT2D eigenvalue weighted by Crippen LogP contribution is -2.42. The molecule has 0 bridgehead atoms. The quantitative estimate of drug-likeness (QED) is 0.364. The van der Waals surface area contributed by atoms with Crippen LogP contribution in [0.15, 0.2) is 23.5 Å². The van der Waals surface area contributed by atoms with Crippen LogP contribution in [0.25, 0.3) is 0 Å². The number of aliphatic imine (C=N–C) groups is 1. The zero-order valence-corrected chi connectivity index (χ0v) is 17.4. The van der Waals surface area contributed by atoms with E-state index in [1.807, 2.05) is 23.1 Å². The first-order chi connectivity index (χ1) is 11.3. The molecule has 1 fully saturated rings. The summed E-state index contributed by atoms with van der Waals surface area (Å²) in [6.45, 7) is 11.5. The van der Waals surface area contributed by atoms with Gasteiger partial charge in [0.25, 0.3) is 0 Å². The van der Waals surface area contributed by atoms with Gasteiger partial charge in [-0.2, -0.15) is 5.10 Å². The molecule has 138 valence electrons. The van der Waals surface area contributed by atoms with E-state index in [0.29, 0.717) is 5.92 Å². The van der Waals surface area contributed by atoms with Crippen LogP contribution in [0, 0.1) is 5.92 Å². The first-order valence-corrected chi connectivity index (χ1v) is 9.00. The predicted molar refractivity (Wildman–Crippen MR) is 111 cm³/mol. The van der Waals surface area contributed by atoms with Gasteiger partial charge in [0.05, 0.1) is 0 Å². The molecule has 0 spiro atoms. The normalized spacial score (nSPS) is 17.2. The summed E-state index contributed by atoms with van der Waals surface area (Å²) in [7, 11) is 0. The van der Waals surface area contributed by atoms with Crippen LogP contribution in [-0.2, 0) is 6.54 Å². The van der Waals surface area contributed by atoms with Crippen molar-refractivity contribution in [3.8, 4) is 0 Å². The maximum atomic E-state index is 4.71. The molecule has 1 aromatic heterocycles. The molecule has 1 aromatic rings. The van der Waals surface area contributed by atoms with Gasteiger partial charge < -0.3 is 15.5 Å². The van der Waals surface area contributed by atoms with Crippen LogP contribution in [0.2, 0.25) is 0 Å². The number of nitrogens with one attached hydrogen (secondary N) is 2. The molecule has 1 atom stereocenters. The predicted octanol–water partition coefficient (Wildman–Crippen LogP) is 2.18. The fourth-order valence-corrected chi connectivity index (χ4v) is 2.89. The minimum absolute atomic E-state index is 0. The number of halogens is 1. The number of rotatable bonds is 8. The molecule has 0 aliphatic carbocycles. The van der Waals surface area contributed by atoms with Gasteiger partial charge >= 0.3 is 0 Å². The number of nitrogens with zero attached hydrogens (tertiary/aromatic N) is 4. The summed E-state index contributed by atoms with van der Waals surface area (Å²) in [6.07, 6.45) is 7.91. The number of guanidine groups is 1. The fraction of sp³-hybridized carbons (Fsp3) is 0.765. The van der Waals surface area contributed by atoms with Crippen molar-refractivity contribution >= 4 is 29.9 Å². The van der Waals surface area contributed by atoms with Crippen LogP contribution in [0.5, 0.6) is 0 Å². The lowest BCUT2D eigenvalue weighted by molar-refractivity contribution is 0.232. The van der Waals surface area contributed by atoms with Crippen molar-refractivity contribution in [2.24, 2.45) is 10.9 Å². The molecule has 2 N–H and O–H groups in total.